The second kappa shape index (κ2) is 29.7. The summed E-state index contributed by atoms with van der Waals surface area (Å²) in [7, 11) is 0. The number of aliphatic imine (C=N–C) groups is 1. The van der Waals surface area contributed by atoms with Crippen LogP contribution in [0.25, 0.3) is 10.9 Å². The number of benzene rings is 3. The normalized spacial score (nSPS) is 21.6. The Morgan fingerprint density at radius 3 is 1.94 bits per heavy atom. The van der Waals surface area contributed by atoms with Gasteiger partial charge in [-0.15, -0.1) is 23.5 Å². The van der Waals surface area contributed by atoms with Crippen molar-refractivity contribution in [1.82, 2.24) is 52.2 Å². The molecule has 0 radical (unpaired) electrons. The van der Waals surface area contributed by atoms with Crippen molar-refractivity contribution in [2.24, 2.45) is 22.2 Å². The SMILES string of the molecule is CCCC[C@H](NC(C)=O)C(=O)N[C@@H]1C(=O)N[C@@H](Cc2cnc[nH]2)C(=O)N[C@H](Cc2ccccc2)C(=O)N[C@@H](CCCN=C(N)N)C(=O)N[C@@H](Cc2c[nH]c3ccccc23)C(=O)N[C@H](C(N)=O)C(C)(C)SCc2cccc(c2)CSC1(C)C. The molecule has 82 heavy (non-hydrogen) atoms. The van der Waals surface area contributed by atoms with Crippen molar-refractivity contribution in [2.75, 3.05) is 6.54 Å². The Bertz CT molecular complexity index is 3040. The lowest BCUT2D eigenvalue weighted by molar-refractivity contribution is -0.136. The van der Waals surface area contributed by atoms with E-state index in [-0.39, 0.29) is 44.6 Å². The highest BCUT2D eigenvalue weighted by atomic mass is 32.2. The zero-order valence-electron chi connectivity index (χ0n) is 47.3. The Labute approximate surface area is 486 Å². The second-order valence-corrected chi connectivity index (χ2v) is 24.8. The molecule has 3 heterocycles. The minimum Gasteiger partial charge on any atom is -0.370 e. The molecule has 2 aromatic heterocycles. The fourth-order valence-electron chi connectivity index (χ4n) is 9.52. The molecule has 15 N–H and O–H groups in total. The number of imidazole rings is 1. The number of hydrogen-bond donors (Lipinski definition) is 12. The van der Waals surface area contributed by atoms with Crippen LogP contribution in [0.1, 0.15) is 102 Å². The third-order valence-corrected chi connectivity index (χ3v) is 17.0. The lowest BCUT2D eigenvalue weighted by Crippen LogP contribution is -2.63. The molecule has 7 atom stereocenters. The molecule has 5 aromatic rings. The van der Waals surface area contributed by atoms with Crippen molar-refractivity contribution in [1.29, 1.82) is 0 Å². The number of carbonyl (C=O) groups excluding carboxylic acids is 8. The first-order chi connectivity index (χ1) is 39.0. The number of hydrogen-bond acceptors (Lipinski definition) is 12. The number of carbonyl (C=O) groups is 8. The molecule has 0 fully saturated rings. The van der Waals surface area contributed by atoms with Gasteiger partial charge < -0.3 is 64.4 Å². The van der Waals surface area contributed by atoms with Gasteiger partial charge in [-0.2, -0.15) is 0 Å². The molecule has 440 valence electrons. The highest BCUT2D eigenvalue weighted by molar-refractivity contribution is 8.00. The van der Waals surface area contributed by atoms with Gasteiger partial charge in [0.15, 0.2) is 5.96 Å². The van der Waals surface area contributed by atoms with Gasteiger partial charge in [-0.25, -0.2) is 4.98 Å². The number of unbranched alkanes of at least 4 members (excludes halogenated alkanes) is 1. The molecular formula is C58H78N14O8S2. The molecule has 6 rings (SSSR count). The van der Waals surface area contributed by atoms with Gasteiger partial charge in [0.2, 0.25) is 47.3 Å². The van der Waals surface area contributed by atoms with Crippen molar-refractivity contribution in [3.05, 3.63) is 126 Å². The van der Waals surface area contributed by atoms with E-state index >= 15 is 4.79 Å². The Morgan fingerprint density at radius 2 is 1.30 bits per heavy atom. The van der Waals surface area contributed by atoms with Gasteiger partial charge in [0, 0.05) is 82.7 Å². The molecule has 22 nitrogen and oxygen atoms in total. The Kier molecular flexibility index (Phi) is 23.0. The quantitative estimate of drug-likeness (QED) is 0.0363. The smallest absolute Gasteiger partial charge is 0.244 e. The van der Waals surface area contributed by atoms with Crippen molar-refractivity contribution in [3.63, 3.8) is 0 Å². The lowest BCUT2D eigenvalue weighted by Gasteiger charge is -2.35. The van der Waals surface area contributed by atoms with Crippen molar-refractivity contribution < 1.29 is 38.4 Å². The molecule has 8 amide bonds. The molecule has 2 bridgehead atoms. The molecule has 3 aromatic carbocycles. The summed E-state index contributed by atoms with van der Waals surface area (Å²) in [5, 5.41) is 20.8. The number of thioether (sulfide) groups is 2. The van der Waals surface area contributed by atoms with E-state index in [1.165, 1.54) is 43.0 Å². The monoisotopic (exact) mass is 1160 g/mol. The predicted octanol–water partition coefficient (Wildman–Crippen LogP) is 2.80. The van der Waals surface area contributed by atoms with Crippen LogP contribution in [-0.4, -0.2) is 127 Å². The largest absolute Gasteiger partial charge is 0.370 e. The Balaban J connectivity index is 1.46. The van der Waals surface area contributed by atoms with E-state index < -0.39 is 99.0 Å². The van der Waals surface area contributed by atoms with Crippen LogP contribution in [0.3, 0.4) is 0 Å². The van der Waals surface area contributed by atoms with E-state index in [0.717, 1.165) is 28.5 Å². The molecule has 0 unspecified atom stereocenters. The van der Waals surface area contributed by atoms with Crippen molar-refractivity contribution in [2.45, 2.75) is 156 Å². The first-order valence-corrected chi connectivity index (χ1v) is 29.4. The predicted molar refractivity (Wildman–Crippen MR) is 319 cm³/mol. The summed E-state index contributed by atoms with van der Waals surface area (Å²) in [6.07, 6.45) is 6.16. The van der Waals surface area contributed by atoms with Gasteiger partial charge in [-0.1, -0.05) is 92.6 Å². The minimum absolute atomic E-state index is 0.0444. The van der Waals surface area contributed by atoms with Crippen LogP contribution in [0.2, 0.25) is 0 Å². The van der Waals surface area contributed by atoms with E-state index in [1.54, 1.807) is 64.2 Å². The van der Waals surface area contributed by atoms with Gasteiger partial charge in [0.25, 0.3) is 0 Å². The van der Waals surface area contributed by atoms with E-state index in [0.29, 0.717) is 41.2 Å². The topological polar surface area (TPSA) is 356 Å². The van der Waals surface area contributed by atoms with Gasteiger partial charge in [0.05, 0.1) is 6.33 Å². The van der Waals surface area contributed by atoms with Gasteiger partial charge >= 0.3 is 0 Å². The molecule has 0 spiro atoms. The van der Waals surface area contributed by atoms with Crippen molar-refractivity contribution >= 4 is 87.6 Å². The van der Waals surface area contributed by atoms with Crippen LogP contribution < -0.4 is 54.4 Å². The Hall–Kier alpha value is -7.86. The Morgan fingerprint density at radius 1 is 0.707 bits per heavy atom. The van der Waals surface area contributed by atoms with E-state index in [1.807, 2.05) is 55.5 Å². The summed E-state index contributed by atoms with van der Waals surface area (Å²) in [6, 6.07) is 15.1. The van der Waals surface area contributed by atoms with Gasteiger partial charge in [-0.3, -0.25) is 43.3 Å². The number of amides is 8. The van der Waals surface area contributed by atoms with Crippen LogP contribution in [0, 0.1) is 0 Å². The van der Waals surface area contributed by atoms with Gasteiger partial charge in [-0.05, 0) is 75.3 Å². The summed E-state index contributed by atoms with van der Waals surface area (Å²) >= 11 is 2.76. The zero-order valence-corrected chi connectivity index (χ0v) is 48.9. The summed E-state index contributed by atoms with van der Waals surface area (Å²) in [5.41, 5.74) is 21.7. The average Bonchev–Trinajstić information content (AvgIpc) is 4.28. The zero-order chi connectivity index (χ0) is 59.6. The number of fused-ring (bicyclic) bond motifs is 3. The number of aromatic nitrogens is 3. The number of rotatable bonds is 17. The number of H-pyrrole nitrogens is 2. The standard InChI is InChI=1S/C58H78N14O8S2/c1-7-8-21-42(66-34(2)73)51(76)72-48-55(80)70-46(28-39-30-62-33-65-39)53(78)68-44(26-35-16-10-9-11-17-35)52(77)67-43(23-15-24-63-56(60)61)50(75)69-45(27-38-29-64-41-22-13-12-20-40(38)41)54(79)71-47(49(59)74)57(3,4)81-31-36-18-14-19-37(25-36)32-82-58(48,5)6/h9-14,16-20,22,25,29-30,33,42-48,64H,7-8,15,21,23-24,26-28,31-32H2,1-6H3,(H2,59,74)(H,62,65)(H,66,73)(H,67,77)(H,68,78)(H,69,75)(H,70,80)(H,71,79)(H,72,76)(H4,60,61,63)/t42-,43-,44+,45-,46-,47+,48+/m0/s1. The number of para-hydroxylation sites is 1. The van der Waals surface area contributed by atoms with E-state index in [4.69, 9.17) is 17.2 Å². The fraction of sp³-hybridized carbons (Fsp3) is 0.448. The third-order valence-electron chi connectivity index (χ3n) is 14.1. The van der Waals surface area contributed by atoms with E-state index in [2.05, 4.69) is 57.2 Å². The average molecular weight is 1160 g/mol. The number of primary amides is 1. The van der Waals surface area contributed by atoms with Crippen LogP contribution in [0.4, 0.5) is 0 Å². The number of nitrogens with one attached hydrogen (secondary N) is 9. The summed E-state index contributed by atoms with van der Waals surface area (Å²) < 4.78 is -2.11. The van der Waals surface area contributed by atoms with Crippen LogP contribution in [0.5, 0.6) is 0 Å². The highest BCUT2D eigenvalue weighted by Crippen LogP contribution is 2.35. The molecule has 1 aliphatic heterocycles. The van der Waals surface area contributed by atoms with Crippen LogP contribution >= 0.6 is 23.5 Å². The lowest BCUT2D eigenvalue weighted by atomic mass is 9.99. The summed E-state index contributed by atoms with van der Waals surface area (Å²) in [5.74, 6) is -5.08. The van der Waals surface area contributed by atoms with Gasteiger partial charge in [0.1, 0.15) is 42.3 Å². The molecule has 0 saturated carbocycles. The second-order valence-electron chi connectivity index (χ2n) is 21.5. The van der Waals surface area contributed by atoms with Crippen LogP contribution in [0.15, 0.2) is 103 Å². The maximum absolute atomic E-state index is 15.1. The number of aromatic amines is 2. The minimum atomic E-state index is -1.38. The van der Waals surface area contributed by atoms with E-state index in [9.17, 15) is 33.6 Å². The maximum Gasteiger partial charge on any atom is 0.244 e. The number of nitrogens with zero attached hydrogens (tertiary/aromatic N) is 2. The van der Waals surface area contributed by atoms with Crippen LogP contribution in [-0.2, 0) is 69.1 Å². The number of guanidine groups is 1. The van der Waals surface area contributed by atoms with Crippen molar-refractivity contribution in [3.8, 4) is 0 Å². The molecule has 24 heteroatoms. The fourth-order valence-corrected chi connectivity index (χ4v) is 11.6. The first kappa shape index (κ1) is 63.3. The summed E-state index contributed by atoms with van der Waals surface area (Å²) in [6.45, 7) is 10.5. The first-order valence-electron chi connectivity index (χ1n) is 27.4. The summed E-state index contributed by atoms with van der Waals surface area (Å²) in [4.78, 5) is 129. The maximum atomic E-state index is 15.1. The molecule has 1 aliphatic rings. The molecule has 0 saturated heterocycles. The molecule has 0 aliphatic carbocycles. The third kappa shape index (κ3) is 18.6. The molecular weight excluding hydrogens is 1080 g/mol. The highest BCUT2D eigenvalue weighted by Gasteiger charge is 2.42. The number of nitrogens with two attached hydrogens (primary N) is 3.